The van der Waals surface area contributed by atoms with Gasteiger partial charge in [0.05, 0.1) is 11.3 Å². The Bertz CT molecular complexity index is 1190. The van der Waals surface area contributed by atoms with E-state index in [4.69, 9.17) is 16.6 Å². The lowest BCUT2D eigenvalue weighted by molar-refractivity contribution is 0.0690. The minimum Gasteiger partial charge on any atom is -0.341 e. The van der Waals surface area contributed by atoms with Gasteiger partial charge in [-0.3, -0.25) is 4.79 Å². The maximum atomic E-state index is 14.0. The molecule has 2 heterocycles. The number of aromatic nitrogens is 2. The number of carbonyl (C=O) groups excluding carboxylic acids is 1. The van der Waals surface area contributed by atoms with Gasteiger partial charge in [0, 0.05) is 42.5 Å². The van der Waals surface area contributed by atoms with Gasteiger partial charge in [0.2, 0.25) is 5.95 Å². The SMILES string of the molecule is CC(C)N(Cc1ccc(C(C)(C)C)cc1)C(=O)c1cnc(N2CCCCC2)nc1-c1ccccc1Cl. The molecule has 2 aromatic carbocycles. The van der Waals surface area contributed by atoms with Crippen LogP contribution in [0.3, 0.4) is 0 Å². The zero-order valence-electron chi connectivity index (χ0n) is 22.1. The zero-order chi connectivity index (χ0) is 25.9. The fourth-order valence-electron chi connectivity index (χ4n) is 4.58. The third-order valence-corrected chi connectivity index (χ3v) is 7.16. The molecular weight excluding hydrogens is 468 g/mol. The Morgan fingerprint density at radius 2 is 1.69 bits per heavy atom. The van der Waals surface area contributed by atoms with Gasteiger partial charge in [-0.25, -0.2) is 9.97 Å². The van der Waals surface area contributed by atoms with E-state index in [2.05, 4.69) is 54.9 Å². The Hall–Kier alpha value is -2.92. The minimum atomic E-state index is -0.0926. The molecule has 4 rings (SSSR count). The first kappa shape index (κ1) is 26.2. The Labute approximate surface area is 220 Å². The minimum absolute atomic E-state index is 0.000610. The number of amides is 1. The topological polar surface area (TPSA) is 49.3 Å². The smallest absolute Gasteiger partial charge is 0.258 e. The number of piperidine rings is 1. The molecule has 5 nitrogen and oxygen atoms in total. The Morgan fingerprint density at radius 3 is 2.31 bits per heavy atom. The van der Waals surface area contributed by atoms with Crippen LogP contribution in [-0.4, -0.2) is 39.9 Å². The van der Waals surface area contributed by atoms with Crippen LogP contribution < -0.4 is 4.90 Å². The molecule has 1 aliphatic heterocycles. The molecule has 0 bridgehead atoms. The Balaban J connectivity index is 1.70. The quantitative estimate of drug-likeness (QED) is 0.358. The molecule has 3 aromatic rings. The highest BCUT2D eigenvalue weighted by molar-refractivity contribution is 6.33. The zero-order valence-corrected chi connectivity index (χ0v) is 22.8. The average Bonchev–Trinajstić information content (AvgIpc) is 2.87. The van der Waals surface area contributed by atoms with E-state index in [-0.39, 0.29) is 17.4 Å². The highest BCUT2D eigenvalue weighted by Gasteiger charge is 2.26. The summed E-state index contributed by atoms with van der Waals surface area (Å²) in [5.41, 5.74) is 4.27. The van der Waals surface area contributed by atoms with Crippen LogP contribution in [0.4, 0.5) is 5.95 Å². The van der Waals surface area contributed by atoms with Gasteiger partial charge in [0.15, 0.2) is 0 Å². The highest BCUT2D eigenvalue weighted by Crippen LogP contribution is 2.32. The maximum Gasteiger partial charge on any atom is 0.258 e. The van der Waals surface area contributed by atoms with Crippen molar-refractivity contribution in [1.82, 2.24) is 14.9 Å². The van der Waals surface area contributed by atoms with E-state index in [0.29, 0.717) is 28.8 Å². The van der Waals surface area contributed by atoms with E-state index in [1.807, 2.05) is 43.0 Å². The lowest BCUT2D eigenvalue weighted by Crippen LogP contribution is -2.37. The molecule has 1 saturated heterocycles. The molecule has 1 fully saturated rings. The van der Waals surface area contributed by atoms with Crippen molar-refractivity contribution in [2.45, 2.75) is 71.9 Å². The van der Waals surface area contributed by atoms with Crippen molar-refractivity contribution in [3.8, 4) is 11.3 Å². The van der Waals surface area contributed by atoms with Gasteiger partial charge in [-0.05, 0) is 55.7 Å². The van der Waals surface area contributed by atoms with Gasteiger partial charge in [-0.2, -0.15) is 0 Å². The van der Waals surface area contributed by atoms with Crippen LogP contribution in [0.15, 0.2) is 54.7 Å². The van der Waals surface area contributed by atoms with Crippen LogP contribution in [0.25, 0.3) is 11.3 Å². The van der Waals surface area contributed by atoms with Gasteiger partial charge in [0.25, 0.3) is 5.91 Å². The summed E-state index contributed by atoms with van der Waals surface area (Å²) in [6.07, 6.45) is 5.17. The third kappa shape index (κ3) is 5.89. The molecule has 0 aliphatic carbocycles. The predicted molar refractivity (Wildman–Crippen MR) is 149 cm³/mol. The second-order valence-corrected chi connectivity index (χ2v) is 11.3. The van der Waals surface area contributed by atoms with E-state index >= 15 is 0 Å². The summed E-state index contributed by atoms with van der Waals surface area (Å²) in [6, 6.07) is 16.1. The molecule has 1 aromatic heterocycles. The molecule has 6 heteroatoms. The first-order valence-corrected chi connectivity index (χ1v) is 13.3. The average molecular weight is 505 g/mol. The summed E-state index contributed by atoms with van der Waals surface area (Å²) >= 11 is 6.60. The largest absolute Gasteiger partial charge is 0.341 e. The summed E-state index contributed by atoms with van der Waals surface area (Å²) < 4.78 is 0. The summed E-state index contributed by atoms with van der Waals surface area (Å²) in [6.45, 7) is 13.1. The molecule has 0 radical (unpaired) electrons. The molecule has 1 amide bonds. The number of hydrogen-bond acceptors (Lipinski definition) is 4. The normalized spacial score (nSPS) is 14.2. The van der Waals surface area contributed by atoms with E-state index in [1.165, 1.54) is 12.0 Å². The molecule has 0 spiro atoms. The summed E-state index contributed by atoms with van der Waals surface area (Å²) in [5.74, 6) is 0.569. The summed E-state index contributed by atoms with van der Waals surface area (Å²) in [7, 11) is 0. The second-order valence-electron chi connectivity index (χ2n) is 10.9. The van der Waals surface area contributed by atoms with Crippen LogP contribution in [0.5, 0.6) is 0 Å². The molecule has 0 N–H and O–H groups in total. The number of nitrogens with zero attached hydrogens (tertiary/aromatic N) is 4. The van der Waals surface area contributed by atoms with Gasteiger partial charge >= 0.3 is 0 Å². The van der Waals surface area contributed by atoms with Crippen molar-refractivity contribution in [3.63, 3.8) is 0 Å². The standard InChI is InChI=1S/C30H37ClN4O/c1-21(2)35(20-22-13-15-23(16-14-22)30(3,4)5)28(36)25-19-32-29(34-17-9-6-10-18-34)33-27(25)24-11-7-8-12-26(24)31/h7-8,11-16,19,21H,6,9-10,17-18,20H2,1-5H3. The number of benzene rings is 2. The van der Waals surface area contributed by atoms with Crippen LogP contribution in [-0.2, 0) is 12.0 Å². The molecule has 1 aliphatic rings. The fraction of sp³-hybridized carbons (Fsp3) is 0.433. The van der Waals surface area contributed by atoms with Crippen LogP contribution in [0.2, 0.25) is 5.02 Å². The van der Waals surface area contributed by atoms with Gasteiger partial charge in [-0.15, -0.1) is 0 Å². The number of hydrogen-bond donors (Lipinski definition) is 0. The van der Waals surface area contributed by atoms with Crippen molar-refractivity contribution in [3.05, 3.63) is 76.4 Å². The van der Waals surface area contributed by atoms with Crippen molar-refractivity contribution >= 4 is 23.5 Å². The maximum absolute atomic E-state index is 14.0. The number of carbonyl (C=O) groups is 1. The highest BCUT2D eigenvalue weighted by atomic mass is 35.5. The molecule has 0 atom stereocenters. The Kier molecular flexibility index (Phi) is 7.99. The van der Waals surface area contributed by atoms with Gasteiger partial charge in [0.1, 0.15) is 0 Å². The van der Waals surface area contributed by atoms with Crippen LogP contribution in [0.1, 0.15) is 75.4 Å². The van der Waals surface area contributed by atoms with Gasteiger partial charge < -0.3 is 9.80 Å². The number of halogens is 1. The molecule has 36 heavy (non-hydrogen) atoms. The molecule has 190 valence electrons. The van der Waals surface area contributed by atoms with Crippen molar-refractivity contribution in [2.75, 3.05) is 18.0 Å². The van der Waals surface area contributed by atoms with E-state index < -0.39 is 0 Å². The number of rotatable bonds is 6. The third-order valence-electron chi connectivity index (χ3n) is 6.83. The summed E-state index contributed by atoms with van der Waals surface area (Å²) in [5, 5.41) is 0.573. The van der Waals surface area contributed by atoms with Crippen LogP contribution >= 0.6 is 11.6 Å². The first-order chi connectivity index (χ1) is 17.1. The molecule has 0 saturated carbocycles. The second kappa shape index (κ2) is 11.0. The van der Waals surface area contributed by atoms with Crippen molar-refractivity contribution in [1.29, 1.82) is 0 Å². The lowest BCUT2D eigenvalue weighted by Gasteiger charge is -2.29. The fourth-order valence-corrected chi connectivity index (χ4v) is 4.81. The van der Waals surface area contributed by atoms with E-state index in [0.717, 1.165) is 37.1 Å². The number of anilines is 1. The van der Waals surface area contributed by atoms with Crippen molar-refractivity contribution in [2.24, 2.45) is 0 Å². The van der Waals surface area contributed by atoms with Gasteiger partial charge in [-0.1, -0.05) is 74.8 Å². The first-order valence-electron chi connectivity index (χ1n) is 12.9. The van der Waals surface area contributed by atoms with E-state index in [1.54, 1.807) is 6.20 Å². The van der Waals surface area contributed by atoms with Crippen molar-refractivity contribution < 1.29 is 4.79 Å². The molecule has 0 unspecified atom stereocenters. The summed E-state index contributed by atoms with van der Waals surface area (Å²) in [4.78, 5) is 27.7. The Morgan fingerprint density at radius 1 is 1.03 bits per heavy atom. The van der Waals surface area contributed by atoms with E-state index in [9.17, 15) is 4.79 Å². The monoisotopic (exact) mass is 504 g/mol. The molecular formula is C30H37ClN4O. The lowest BCUT2D eigenvalue weighted by atomic mass is 9.86. The van der Waals surface area contributed by atoms with Crippen LogP contribution in [0, 0.1) is 0 Å². The predicted octanol–water partition coefficient (Wildman–Crippen LogP) is 7.14.